The van der Waals surface area contributed by atoms with Gasteiger partial charge in [-0.15, -0.1) is 24.0 Å². The van der Waals surface area contributed by atoms with Gasteiger partial charge in [0.2, 0.25) is 0 Å². The summed E-state index contributed by atoms with van der Waals surface area (Å²) in [7, 11) is 0. The second-order valence-corrected chi connectivity index (χ2v) is 7.90. The number of halogens is 1. The molecule has 166 valence electrons. The van der Waals surface area contributed by atoms with Gasteiger partial charge in [0.15, 0.2) is 5.96 Å². The fraction of sp³-hybridized carbons (Fsp3) is 0.696. The summed E-state index contributed by atoms with van der Waals surface area (Å²) in [6.07, 6.45) is 8.13. The van der Waals surface area contributed by atoms with Crippen LogP contribution in [-0.2, 0) is 17.9 Å². The van der Waals surface area contributed by atoms with Gasteiger partial charge in [-0.1, -0.05) is 50.5 Å². The summed E-state index contributed by atoms with van der Waals surface area (Å²) in [4.78, 5) is 4.82. The molecule has 0 spiro atoms. The SMILES string of the molecule is CCCOCc1ccccc1CN=C(NCC)NCC1(CCO)CCCCC1.I. The summed E-state index contributed by atoms with van der Waals surface area (Å²) < 4.78 is 5.73. The van der Waals surface area contributed by atoms with Crippen LogP contribution in [0, 0.1) is 5.41 Å². The topological polar surface area (TPSA) is 65.9 Å². The fourth-order valence-corrected chi connectivity index (χ4v) is 4.01. The Morgan fingerprint density at radius 1 is 1.10 bits per heavy atom. The second kappa shape index (κ2) is 15.0. The Hall–Kier alpha value is -0.860. The van der Waals surface area contributed by atoms with E-state index in [4.69, 9.17) is 9.73 Å². The first-order valence-corrected chi connectivity index (χ1v) is 11.0. The van der Waals surface area contributed by atoms with Gasteiger partial charge in [-0.05, 0) is 49.1 Å². The van der Waals surface area contributed by atoms with Gasteiger partial charge in [-0.2, -0.15) is 0 Å². The van der Waals surface area contributed by atoms with E-state index >= 15 is 0 Å². The zero-order valence-corrected chi connectivity index (χ0v) is 20.5. The molecular formula is C23H40IN3O2. The van der Waals surface area contributed by atoms with Gasteiger partial charge in [0, 0.05) is 26.3 Å². The summed E-state index contributed by atoms with van der Waals surface area (Å²) in [5.41, 5.74) is 2.62. The molecule has 29 heavy (non-hydrogen) atoms. The monoisotopic (exact) mass is 517 g/mol. The average Bonchev–Trinajstić information content (AvgIpc) is 2.72. The maximum atomic E-state index is 9.54. The number of hydrogen-bond donors (Lipinski definition) is 3. The summed E-state index contributed by atoms with van der Waals surface area (Å²) >= 11 is 0. The number of rotatable bonds is 11. The molecule has 1 saturated carbocycles. The molecule has 1 fully saturated rings. The summed E-state index contributed by atoms with van der Waals surface area (Å²) in [5.74, 6) is 0.856. The third-order valence-corrected chi connectivity index (χ3v) is 5.66. The molecule has 0 heterocycles. The number of nitrogens with zero attached hydrogens (tertiary/aromatic N) is 1. The van der Waals surface area contributed by atoms with Crippen LogP contribution in [0.5, 0.6) is 0 Å². The standard InChI is InChI=1S/C23H39N3O2.HI/c1-3-16-28-18-21-11-7-6-10-20(21)17-25-22(24-4-2)26-19-23(14-15-27)12-8-5-9-13-23;/h6-7,10-11,27H,3-5,8-9,12-19H2,1-2H3,(H2,24,25,26);1H. The highest BCUT2D eigenvalue weighted by atomic mass is 127. The van der Waals surface area contributed by atoms with Crippen LogP contribution in [0.15, 0.2) is 29.3 Å². The van der Waals surface area contributed by atoms with Crippen molar-refractivity contribution in [3.05, 3.63) is 35.4 Å². The molecular weight excluding hydrogens is 477 g/mol. The highest BCUT2D eigenvalue weighted by molar-refractivity contribution is 14.0. The molecule has 3 N–H and O–H groups in total. The lowest BCUT2D eigenvalue weighted by atomic mass is 9.72. The van der Waals surface area contributed by atoms with Crippen LogP contribution in [0.1, 0.15) is 69.9 Å². The Labute approximate surface area is 194 Å². The molecule has 0 bridgehead atoms. The lowest BCUT2D eigenvalue weighted by molar-refractivity contribution is 0.121. The van der Waals surface area contributed by atoms with Crippen molar-refractivity contribution in [1.29, 1.82) is 0 Å². The number of ether oxygens (including phenoxy) is 1. The van der Waals surface area contributed by atoms with Gasteiger partial charge in [0.1, 0.15) is 0 Å². The second-order valence-electron chi connectivity index (χ2n) is 7.90. The van der Waals surface area contributed by atoms with Crippen molar-refractivity contribution >= 4 is 29.9 Å². The maximum absolute atomic E-state index is 9.54. The van der Waals surface area contributed by atoms with Gasteiger partial charge >= 0.3 is 0 Å². The van der Waals surface area contributed by atoms with E-state index in [0.717, 1.165) is 38.5 Å². The van der Waals surface area contributed by atoms with Crippen molar-refractivity contribution in [2.45, 2.75) is 71.9 Å². The predicted molar refractivity (Wildman–Crippen MR) is 132 cm³/mol. The summed E-state index contributed by atoms with van der Waals surface area (Å²) in [6.45, 7) is 8.25. The van der Waals surface area contributed by atoms with E-state index in [0.29, 0.717) is 13.2 Å². The van der Waals surface area contributed by atoms with E-state index in [-0.39, 0.29) is 36.0 Å². The third kappa shape index (κ3) is 9.22. The van der Waals surface area contributed by atoms with Gasteiger partial charge < -0.3 is 20.5 Å². The quantitative estimate of drug-likeness (QED) is 0.174. The van der Waals surface area contributed by atoms with E-state index < -0.39 is 0 Å². The predicted octanol–water partition coefficient (Wildman–Crippen LogP) is 4.62. The van der Waals surface area contributed by atoms with Crippen molar-refractivity contribution in [2.24, 2.45) is 10.4 Å². The molecule has 1 aliphatic carbocycles. The Morgan fingerprint density at radius 3 is 2.48 bits per heavy atom. The van der Waals surface area contributed by atoms with Crippen LogP contribution in [-0.4, -0.2) is 37.4 Å². The number of guanidine groups is 1. The molecule has 0 unspecified atom stereocenters. The number of nitrogens with one attached hydrogen (secondary N) is 2. The Balaban J connectivity index is 0.00000420. The highest BCUT2D eigenvalue weighted by Gasteiger charge is 2.31. The van der Waals surface area contributed by atoms with Crippen molar-refractivity contribution in [2.75, 3.05) is 26.3 Å². The van der Waals surface area contributed by atoms with E-state index in [2.05, 4.69) is 48.7 Å². The number of benzene rings is 1. The van der Waals surface area contributed by atoms with E-state index in [1.807, 2.05) is 0 Å². The maximum Gasteiger partial charge on any atom is 0.191 e. The van der Waals surface area contributed by atoms with Crippen LogP contribution < -0.4 is 10.6 Å². The van der Waals surface area contributed by atoms with E-state index in [1.165, 1.54) is 43.2 Å². The van der Waals surface area contributed by atoms with Crippen LogP contribution in [0.2, 0.25) is 0 Å². The molecule has 2 rings (SSSR count). The van der Waals surface area contributed by atoms with Crippen molar-refractivity contribution in [1.82, 2.24) is 10.6 Å². The van der Waals surface area contributed by atoms with Crippen LogP contribution in [0.3, 0.4) is 0 Å². The molecule has 0 radical (unpaired) electrons. The molecule has 1 aromatic rings. The first-order valence-electron chi connectivity index (χ1n) is 11.0. The normalized spacial score (nSPS) is 16.2. The van der Waals surface area contributed by atoms with Gasteiger partial charge in [-0.25, -0.2) is 4.99 Å². The highest BCUT2D eigenvalue weighted by Crippen LogP contribution is 2.38. The Bertz CT molecular complexity index is 584. The first kappa shape index (κ1) is 26.2. The van der Waals surface area contributed by atoms with Gasteiger partial charge in [0.25, 0.3) is 0 Å². The molecule has 0 saturated heterocycles. The smallest absolute Gasteiger partial charge is 0.191 e. The van der Waals surface area contributed by atoms with Gasteiger partial charge in [-0.3, -0.25) is 0 Å². The largest absolute Gasteiger partial charge is 0.396 e. The first-order chi connectivity index (χ1) is 13.7. The fourth-order valence-electron chi connectivity index (χ4n) is 4.01. The minimum absolute atomic E-state index is 0. The molecule has 1 aromatic carbocycles. The van der Waals surface area contributed by atoms with Crippen LogP contribution >= 0.6 is 24.0 Å². The Morgan fingerprint density at radius 2 is 1.83 bits per heavy atom. The molecule has 1 aliphatic rings. The number of aliphatic hydroxyl groups excluding tert-OH is 1. The lowest BCUT2D eigenvalue weighted by Crippen LogP contribution is -2.45. The molecule has 6 heteroatoms. The number of hydrogen-bond acceptors (Lipinski definition) is 3. The van der Waals surface area contributed by atoms with Gasteiger partial charge in [0.05, 0.1) is 13.2 Å². The average molecular weight is 517 g/mol. The van der Waals surface area contributed by atoms with E-state index in [9.17, 15) is 5.11 Å². The molecule has 0 amide bonds. The van der Waals surface area contributed by atoms with Crippen LogP contribution in [0.25, 0.3) is 0 Å². The minimum atomic E-state index is 0. The molecule has 0 atom stereocenters. The molecule has 0 aromatic heterocycles. The number of aliphatic imine (C=N–C) groups is 1. The minimum Gasteiger partial charge on any atom is -0.396 e. The lowest BCUT2D eigenvalue weighted by Gasteiger charge is -2.37. The molecule has 0 aliphatic heterocycles. The zero-order chi connectivity index (χ0) is 20.1. The van der Waals surface area contributed by atoms with Crippen LogP contribution in [0.4, 0.5) is 0 Å². The number of aliphatic hydroxyl groups is 1. The van der Waals surface area contributed by atoms with Crippen molar-refractivity contribution in [3.8, 4) is 0 Å². The summed E-state index contributed by atoms with van der Waals surface area (Å²) in [6, 6.07) is 8.38. The van der Waals surface area contributed by atoms with E-state index in [1.54, 1.807) is 0 Å². The Kier molecular flexibility index (Phi) is 13.6. The molecule has 5 nitrogen and oxygen atoms in total. The summed E-state index contributed by atoms with van der Waals surface area (Å²) in [5, 5.41) is 16.5. The van der Waals surface area contributed by atoms with Crippen molar-refractivity contribution < 1.29 is 9.84 Å². The third-order valence-electron chi connectivity index (χ3n) is 5.66. The van der Waals surface area contributed by atoms with Crippen molar-refractivity contribution in [3.63, 3.8) is 0 Å². The zero-order valence-electron chi connectivity index (χ0n) is 18.2.